The second kappa shape index (κ2) is 4.22. The van der Waals surface area contributed by atoms with Gasteiger partial charge in [-0.05, 0) is 19.1 Å². The summed E-state index contributed by atoms with van der Waals surface area (Å²) in [5.41, 5.74) is 0.883. The molecule has 82 valence electrons. The molecule has 1 heterocycles. The van der Waals surface area contributed by atoms with Crippen molar-refractivity contribution in [3.05, 3.63) is 42.0 Å². The molecule has 1 aromatic heterocycles. The molecule has 0 aliphatic carbocycles. The van der Waals surface area contributed by atoms with Crippen molar-refractivity contribution in [3.8, 4) is 5.69 Å². The molecule has 16 heavy (non-hydrogen) atoms. The molecular weight excluding hydrogens is 209 g/mol. The van der Waals surface area contributed by atoms with E-state index < -0.39 is 5.82 Å². The average molecular weight is 219 g/mol. The normalized spacial score (nSPS) is 10.4. The van der Waals surface area contributed by atoms with Crippen LogP contribution in [-0.2, 0) is 11.2 Å². The standard InChI is InChI=1S/C11H10FN3O/c1-8(16)6-9-7-13-14-15(9)11-5-3-2-4-10(11)12/h2-5,7H,6H2,1H3. The molecule has 1 aromatic carbocycles. The molecule has 0 aliphatic heterocycles. The van der Waals surface area contributed by atoms with E-state index in [-0.39, 0.29) is 12.2 Å². The van der Waals surface area contributed by atoms with E-state index in [1.807, 2.05) is 0 Å². The largest absolute Gasteiger partial charge is 0.300 e. The number of aromatic nitrogens is 3. The minimum Gasteiger partial charge on any atom is -0.300 e. The van der Waals surface area contributed by atoms with E-state index in [1.165, 1.54) is 23.9 Å². The van der Waals surface area contributed by atoms with E-state index in [2.05, 4.69) is 10.3 Å². The first-order valence-corrected chi connectivity index (χ1v) is 4.82. The number of rotatable bonds is 3. The van der Waals surface area contributed by atoms with Gasteiger partial charge in [0, 0.05) is 0 Å². The molecule has 0 amide bonds. The summed E-state index contributed by atoms with van der Waals surface area (Å²) in [5.74, 6) is -0.405. The molecule has 0 unspecified atom stereocenters. The first kappa shape index (κ1) is 10.5. The second-order valence-electron chi connectivity index (χ2n) is 3.47. The molecule has 0 saturated carbocycles. The zero-order valence-corrected chi connectivity index (χ0v) is 8.72. The Bertz CT molecular complexity index is 521. The molecule has 2 aromatic rings. The van der Waals surface area contributed by atoms with Gasteiger partial charge in [0.25, 0.3) is 0 Å². The number of benzene rings is 1. The molecule has 0 spiro atoms. The van der Waals surface area contributed by atoms with E-state index in [9.17, 15) is 9.18 Å². The fourth-order valence-electron chi connectivity index (χ4n) is 1.46. The summed E-state index contributed by atoms with van der Waals surface area (Å²) in [7, 11) is 0. The smallest absolute Gasteiger partial charge is 0.148 e. The summed E-state index contributed by atoms with van der Waals surface area (Å²) in [4.78, 5) is 11.0. The third kappa shape index (κ3) is 1.98. The van der Waals surface area contributed by atoms with Crippen LogP contribution >= 0.6 is 0 Å². The van der Waals surface area contributed by atoms with Gasteiger partial charge in [0.05, 0.1) is 18.3 Å². The van der Waals surface area contributed by atoms with Crippen molar-refractivity contribution in [1.29, 1.82) is 0 Å². The summed E-state index contributed by atoms with van der Waals surface area (Å²) in [6.07, 6.45) is 1.66. The number of halogens is 1. The van der Waals surface area contributed by atoms with Crippen molar-refractivity contribution >= 4 is 5.78 Å². The third-order valence-electron chi connectivity index (χ3n) is 2.13. The maximum absolute atomic E-state index is 13.5. The molecule has 0 aliphatic rings. The molecule has 4 nitrogen and oxygen atoms in total. The van der Waals surface area contributed by atoms with Gasteiger partial charge < -0.3 is 0 Å². The number of Topliss-reactive ketones (excluding diaryl/α,β-unsaturated/α-hetero) is 1. The van der Waals surface area contributed by atoms with Crippen LogP contribution in [-0.4, -0.2) is 20.8 Å². The van der Waals surface area contributed by atoms with Crippen LogP contribution in [0.2, 0.25) is 0 Å². The van der Waals surface area contributed by atoms with Gasteiger partial charge in [-0.3, -0.25) is 4.79 Å². The highest BCUT2D eigenvalue weighted by molar-refractivity contribution is 5.77. The van der Waals surface area contributed by atoms with Crippen molar-refractivity contribution in [3.63, 3.8) is 0 Å². The molecule has 5 heteroatoms. The summed E-state index contributed by atoms with van der Waals surface area (Å²) < 4.78 is 14.8. The Balaban J connectivity index is 2.45. The lowest BCUT2D eigenvalue weighted by Gasteiger charge is -2.05. The summed E-state index contributed by atoms with van der Waals surface area (Å²) in [6, 6.07) is 6.24. The predicted octanol–water partition coefficient (Wildman–Crippen LogP) is 1.54. The average Bonchev–Trinajstić information content (AvgIpc) is 2.66. The van der Waals surface area contributed by atoms with E-state index in [4.69, 9.17) is 0 Å². The van der Waals surface area contributed by atoms with Crippen molar-refractivity contribution in [2.75, 3.05) is 0 Å². The van der Waals surface area contributed by atoms with Crippen molar-refractivity contribution < 1.29 is 9.18 Å². The third-order valence-corrected chi connectivity index (χ3v) is 2.13. The minimum absolute atomic E-state index is 0.0140. The second-order valence-corrected chi connectivity index (χ2v) is 3.47. The first-order valence-electron chi connectivity index (χ1n) is 4.82. The first-order chi connectivity index (χ1) is 7.68. The van der Waals surface area contributed by atoms with Gasteiger partial charge in [0.1, 0.15) is 17.3 Å². The van der Waals surface area contributed by atoms with E-state index in [0.29, 0.717) is 11.4 Å². The molecule has 0 bridgehead atoms. The van der Waals surface area contributed by atoms with Gasteiger partial charge in [0.15, 0.2) is 0 Å². The number of carbonyl (C=O) groups excluding carboxylic acids is 1. The fraction of sp³-hybridized carbons (Fsp3) is 0.182. The van der Waals surface area contributed by atoms with Crippen LogP contribution < -0.4 is 0 Å². The van der Waals surface area contributed by atoms with Crippen molar-refractivity contribution in [2.45, 2.75) is 13.3 Å². The Morgan fingerprint density at radius 3 is 2.88 bits per heavy atom. The van der Waals surface area contributed by atoms with Crippen LogP contribution in [0, 0.1) is 5.82 Å². The van der Waals surface area contributed by atoms with Crippen LogP contribution in [0.25, 0.3) is 5.69 Å². The van der Waals surface area contributed by atoms with Crippen molar-refractivity contribution in [2.24, 2.45) is 0 Å². The Labute approximate surface area is 91.7 Å². The minimum atomic E-state index is -0.391. The lowest BCUT2D eigenvalue weighted by Crippen LogP contribution is -2.07. The Kier molecular flexibility index (Phi) is 2.76. The van der Waals surface area contributed by atoms with E-state index >= 15 is 0 Å². The molecule has 0 atom stereocenters. The SMILES string of the molecule is CC(=O)Cc1cnnn1-c1ccccc1F. The van der Waals surface area contributed by atoms with Crippen LogP contribution in [0.15, 0.2) is 30.5 Å². The van der Waals surface area contributed by atoms with Gasteiger partial charge in [0.2, 0.25) is 0 Å². The molecule has 2 rings (SSSR count). The highest BCUT2D eigenvalue weighted by Crippen LogP contribution is 2.13. The molecule has 0 saturated heterocycles. The number of nitrogens with zero attached hydrogens (tertiary/aromatic N) is 3. The van der Waals surface area contributed by atoms with E-state index in [0.717, 1.165) is 0 Å². The highest BCUT2D eigenvalue weighted by Gasteiger charge is 2.11. The Morgan fingerprint density at radius 2 is 2.19 bits per heavy atom. The number of carbonyl (C=O) groups is 1. The zero-order chi connectivity index (χ0) is 11.5. The molecule has 0 fully saturated rings. The molecule has 0 radical (unpaired) electrons. The lowest BCUT2D eigenvalue weighted by molar-refractivity contribution is -0.116. The number of hydrogen-bond acceptors (Lipinski definition) is 3. The van der Waals surface area contributed by atoms with Gasteiger partial charge in [-0.2, -0.15) is 0 Å². The quantitative estimate of drug-likeness (QED) is 0.786. The van der Waals surface area contributed by atoms with Crippen LogP contribution in [0.5, 0.6) is 0 Å². The summed E-state index contributed by atoms with van der Waals surface area (Å²) in [5, 5.41) is 7.46. The summed E-state index contributed by atoms with van der Waals surface area (Å²) >= 11 is 0. The van der Waals surface area contributed by atoms with Crippen LogP contribution in [0.1, 0.15) is 12.6 Å². The van der Waals surface area contributed by atoms with Gasteiger partial charge >= 0.3 is 0 Å². The predicted molar refractivity (Wildman–Crippen MR) is 55.7 cm³/mol. The maximum Gasteiger partial charge on any atom is 0.148 e. The number of ketones is 1. The monoisotopic (exact) mass is 219 g/mol. The number of para-hydroxylation sites is 1. The number of hydrogen-bond donors (Lipinski definition) is 0. The fourth-order valence-corrected chi connectivity index (χ4v) is 1.46. The summed E-state index contributed by atoms with van der Waals surface area (Å²) in [6.45, 7) is 1.47. The maximum atomic E-state index is 13.5. The van der Waals surface area contributed by atoms with Crippen molar-refractivity contribution in [1.82, 2.24) is 15.0 Å². The van der Waals surface area contributed by atoms with Gasteiger partial charge in [-0.1, -0.05) is 17.3 Å². The zero-order valence-electron chi connectivity index (χ0n) is 8.72. The molecular formula is C11H10FN3O. The van der Waals surface area contributed by atoms with Gasteiger partial charge in [-0.15, -0.1) is 5.10 Å². The van der Waals surface area contributed by atoms with Crippen LogP contribution in [0.3, 0.4) is 0 Å². The Hall–Kier alpha value is -2.04. The Morgan fingerprint density at radius 1 is 1.44 bits per heavy atom. The highest BCUT2D eigenvalue weighted by atomic mass is 19.1. The topological polar surface area (TPSA) is 47.8 Å². The van der Waals surface area contributed by atoms with Crippen LogP contribution in [0.4, 0.5) is 4.39 Å². The van der Waals surface area contributed by atoms with Gasteiger partial charge in [-0.25, -0.2) is 9.07 Å². The lowest BCUT2D eigenvalue weighted by atomic mass is 10.2. The van der Waals surface area contributed by atoms with E-state index in [1.54, 1.807) is 18.2 Å². The molecule has 0 N–H and O–H groups in total.